The van der Waals surface area contributed by atoms with Crippen LogP contribution in [0.5, 0.6) is 0 Å². The van der Waals surface area contributed by atoms with Crippen LogP contribution < -0.4 is 9.80 Å². The van der Waals surface area contributed by atoms with Crippen LogP contribution in [0.15, 0.2) is 39.7 Å². The minimum atomic E-state index is -4.73. The molecule has 188 valence electrons. The maximum atomic E-state index is 13.6. The summed E-state index contributed by atoms with van der Waals surface area (Å²) in [6, 6.07) is 5.52. The number of anilines is 2. The molecule has 0 atom stereocenters. The fourth-order valence-corrected chi connectivity index (χ4v) is 6.74. The van der Waals surface area contributed by atoms with E-state index in [1.54, 1.807) is 6.07 Å². The van der Waals surface area contributed by atoms with E-state index in [2.05, 4.69) is 15.9 Å². The van der Waals surface area contributed by atoms with Crippen LogP contribution in [0, 0.1) is 10.1 Å². The average molecular weight is 577 g/mol. The number of halogens is 4. The van der Waals surface area contributed by atoms with E-state index in [1.807, 2.05) is 0 Å². The monoisotopic (exact) mass is 576 g/mol. The van der Waals surface area contributed by atoms with E-state index in [0.717, 1.165) is 17.7 Å². The molecule has 0 spiro atoms. The zero-order chi connectivity index (χ0) is 25.7. The second-order valence-corrected chi connectivity index (χ2v) is 11.0. The molecule has 2 aromatic carbocycles. The van der Waals surface area contributed by atoms with Crippen molar-refractivity contribution in [1.82, 2.24) is 4.31 Å². The summed E-state index contributed by atoms with van der Waals surface area (Å²) >= 11 is 3.33. The molecule has 0 aromatic heterocycles. The van der Waals surface area contributed by atoms with Crippen LogP contribution >= 0.6 is 15.9 Å². The number of nitro benzene ring substituents is 1. The molecule has 0 N–H and O–H groups in total. The molecule has 2 heterocycles. The van der Waals surface area contributed by atoms with Crippen molar-refractivity contribution in [3.63, 3.8) is 0 Å². The van der Waals surface area contributed by atoms with Crippen molar-refractivity contribution in [2.24, 2.45) is 0 Å². The van der Waals surface area contributed by atoms with Gasteiger partial charge in [0.1, 0.15) is 10.6 Å². The van der Waals surface area contributed by atoms with Gasteiger partial charge in [-0.25, -0.2) is 8.42 Å². The highest BCUT2D eigenvalue weighted by Gasteiger charge is 2.38. The van der Waals surface area contributed by atoms with Gasteiger partial charge in [-0.2, -0.15) is 17.5 Å². The number of alkyl halides is 3. The predicted molar refractivity (Wildman–Crippen MR) is 125 cm³/mol. The molecule has 1 saturated heterocycles. The SMILES string of the molecule is CC(=O)N1CCc2cc(Br)cc(S(=O)(=O)N3CCN(c4ccc(C(F)(F)F)cc4[N+](=O)[O-])CC3)c21. The number of hydrogen-bond acceptors (Lipinski definition) is 6. The Morgan fingerprint density at radius 3 is 2.31 bits per heavy atom. The first-order valence-corrected chi connectivity index (χ1v) is 12.8. The molecule has 2 aliphatic rings. The lowest BCUT2D eigenvalue weighted by Gasteiger charge is -2.35. The molecule has 0 radical (unpaired) electrons. The fraction of sp³-hybridized carbons (Fsp3) is 0.381. The minimum Gasteiger partial charge on any atom is -0.363 e. The van der Waals surface area contributed by atoms with Crippen molar-refractivity contribution < 1.29 is 31.3 Å². The zero-order valence-electron chi connectivity index (χ0n) is 18.4. The number of carbonyl (C=O) groups is 1. The third kappa shape index (κ3) is 4.74. The Labute approximate surface area is 207 Å². The highest BCUT2D eigenvalue weighted by Crippen LogP contribution is 2.40. The normalized spacial score (nSPS) is 16.9. The van der Waals surface area contributed by atoms with E-state index in [0.29, 0.717) is 29.2 Å². The zero-order valence-corrected chi connectivity index (χ0v) is 20.8. The minimum absolute atomic E-state index is 0.00819. The van der Waals surface area contributed by atoms with E-state index in [4.69, 9.17) is 0 Å². The first-order chi connectivity index (χ1) is 16.3. The number of amides is 1. The number of piperazine rings is 1. The number of nitrogens with zero attached hydrogens (tertiary/aromatic N) is 4. The Kier molecular flexibility index (Phi) is 6.57. The summed E-state index contributed by atoms with van der Waals surface area (Å²) < 4.78 is 67.9. The van der Waals surface area contributed by atoms with Gasteiger partial charge in [-0.15, -0.1) is 0 Å². The van der Waals surface area contributed by atoms with Gasteiger partial charge in [-0.1, -0.05) is 15.9 Å². The molecular weight excluding hydrogens is 557 g/mol. The van der Waals surface area contributed by atoms with E-state index < -0.39 is 32.4 Å². The predicted octanol–water partition coefficient (Wildman–Crippen LogP) is 3.80. The van der Waals surface area contributed by atoms with Gasteiger partial charge in [0.05, 0.1) is 16.2 Å². The van der Waals surface area contributed by atoms with Crippen LogP contribution in [-0.2, 0) is 27.4 Å². The third-order valence-electron chi connectivity index (χ3n) is 6.07. The van der Waals surface area contributed by atoms with E-state index >= 15 is 0 Å². The molecule has 0 bridgehead atoms. The molecule has 2 aliphatic heterocycles. The molecule has 14 heteroatoms. The standard InChI is InChI=1S/C21H20BrF3N4O5S/c1-13(30)28-5-4-14-10-16(22)12-19(20(14)28)35(33,34)27-8-6-26(7-9-27)17-3-2-15(21(23,24)25)11-18(17)29(31)32/h2-3,10-12H,4-9H2,1H3. The Balaban J connectivity index is 1.61. The highest BCUT2D eigenvalue weighted by atomic mass is 79.9. The van der Waals surface area contributed by atoms with Gasteiger partial charge in [0.15, 0.2) is 0 Å². The van der Waals surface area contributed by atoms with Crippen molar-refractivity contribution in [2.45, 2.75) is 24.4 Å². The largest absolute Gasteiger partial charge is 0.416 e. The topological polar surface area (TPSA) is 104 Å². The number of rotatable bonds is 4. The first-order valence-electron chi connectivity index (χ1n) is 10.5. The summed E-state index contributed by atoms with van der Waals surface area (Å²) in [6.07, 6.45) is -4.21. The van der Waals surface area contributed by atoms with Gasteiger partial charge in [-0.05, 0) is 36.2 Å². The summed E-state index contributed by atoms with van der Waals surface area (Å²) in [5.74, 6) is -0.276. The van der Waals surface area contributed by atoms with Crippen LogP contribution in [0.2, 0.25) is 0 Å². The Morgan fingerprint density at radius 1 is 1.09 bits per heavy atom. The lowest BCUT2D eigenvalue weighted by atomic mass is 10.1. The number of benzene rings is 2. The summed E-state index contributed by atoms with van der Waals surface area (Å²) in [4.78, 5) is 25.6. The molecule has 0 aliphatic carbocycles. The highest BCUT2D eigenvalue weighted by molar-refractivity contribution is 9.10. The van der Waals surface area contributed by atoms with Gasteiger partial charge in [0.2, 0.25) is 15.9 Å². The molecule has 1 fully saturated rings. The average Bonchev–Trinajstić information content (AvgIpc) is 3.21. The van der Waals surface area contributed by atoms with Crippen LogP contribution in [0.25, 0.3) is 0 Å². The van der Waals surface area contributed by atoms with Crippen LogP contribution in [0.4, 0.5) is 30.2 Å². The lowest BCUT2D eigenvalue weighted by molar-refractivity contribution is -0.384. The number of hydrogen-bond donors (Lipinski definition) is 0. The number of fused-ring (bicyclic) bond motifs is 1. The fourth-order valence-electron chi connectivity index (χ4n) is 4.40. The first kappa shape index (κ1) is 25.4. The summed E-state index contributed by atoms with van der Waals surface area (Å²) in [7, 11) is -4.03. The lowest BCUT2D eigenvalue weighted by Crippen LogP contribution is -2.49. The van der Waals surface area contributed by atoms with Crippen molar-refractivity contribution in [3.8, 4) is 0 Å². The van der Waals surface area contributed by atoms with Gasteiger partial charge >= 0.3 is 6.18 Å². The molecule has 1 amide bonds. The second kappa shape index (κ2) is 9.06. The van der Waals surface area contributed by atoms with Crippen LogP contribution in [0.1, 0.15) is 18.1 Å². The Hall–Kier alpha value is -2.71. The van der Waals surface area contributed by atoms with Crippen molar-refractivity contribution >= 4 is 48.9 Å². The van der Waals surface area contributed by atoms with E-state index in [1.165, 1.54) is 27.1 Å². The summed E-state index contributed by atoms with van der Waals surface area (Å²) in [5.41, 5.74) is -0.759. The van der Waals surface area contributed by atoms with Crippen molar-refractivity contribution in [2.75, 3.05) is 42.5 Å². The van der Waals surface area contributed by atoms with Gasteiger partial charge in [0, 0.05) is 50.2 Å². The molecule has 0 saturated carbocycles. The van der Waals surface area contributed by atoms with Gasteiger partial charge in [0.25, 0.3) is 5.69 Å². The number of sulfonamides is 1. The van der Waals surface area contributed by atoms with Crippen molar-refractivity contribution in [1.29, 1.82) is 0 Å². The maximum Gasteiger partial charge on any atom is 0.416 e. The molecule has 35 heavy (non-hydrogen) atoms. The number of carbonyl (C=O) groups excluding carboxylic acids is 1. The second-order valence-electron chi connectivity index (χ2n) is 8.18. The summed E-state index contributed by atoms with van der Waals surface area (Å²) in [6.45, 7) is 1.73. The third-order valence-corrected chi connectivity index (χ3v) is 8.44. The quantitative estimate of drug-likeness (QED) is 0.405. The van der Waals surface area contributed by atoms with Crippen LogP contribution in [-0.4, -0.2) is 56.3 Å². The molecule has 4 rings (SSSR count). The van der Waals surface area contributed by atoms with E-state index in [9.17, 15) is 36.5 Å². The molecular formula is C21H20BrF3N4O5S. The molecule has 2 aromatic rings. The van der Waals surface area contributed by atoms with Gasteiger partial charge in [-0.3, -0.25) is 14.9 Å². The Bertz CT molecular complexity index is 1310. The number of nitro groups is 1. The molecule has 9 nitrogen and oxygen atoms in total. The summed E-state index contributed by atoms with van der Waals surface area (Å²) in [5, 5.41) is 11.4. The molecule has 0 unspecified atom stereocenters. The van der Waals surface area contributed by atoms with Gasteiger partial charge < -0.3 is 9.80 Å². The van der Waals surface area contributed by atoms with E-state index in [-0.39, 0.29) is 42.7 Å². The maximum absolute atomic E-state index is 13.6. The smallest absolute Gasteiger partial charge is 0.363 e. The Morgan fingerprint density at radius 2 is 1.74 bits per heavy atom. The van der Waals surface area contributed by atoms with Crippen molar-refractivity contribution in [3.05, 3.63) is 56.0 Å². The van der Waals surface area contributed by atoms with Crippen LogP contribution in [0.3, 0.4) is 0 Å².